The average molecular weight is 315 g/mol. The van der Waals surface area contributed by atoms with Crippen molar-refractivity contribution in [3.8, 4) is 0 Å². The third-order valence-corrected chi connectivity index (χ3v) is 5.62. The second-order valence-electron chi connectivity index (χ2n) is 6.38. The summed E-state index contributed by atoms with van der Waals surface area (Å²) in [4.78, 5) is 11.8. The zero-order valence-electron chi connectivity index (χ0n) is 11.7. The molecule has 0 bridgehead atoms. The van der Waals surface area contributed by atoms with Gasteiger partial charge in [-0.05, 0) is 6.92 Å². The standard InChI is InChI=1S/C15H19ClO5/c1-6-3-8(17)12-10(6)13-11(7(2)14(19)21-13)9(18)4-15(12,20)5-16/h3,8-13,17-18,20H,2,4-5H2,1H3. The summed E-state index contributed by atoms with van der Waals surface area (Å²) in [6, 6.07) is 0. The lowest BCUT2D eigenvalue weighted by Gasteiger charge is -2.37. The zero-order valence-corrected chi connectivity index (χ0v) is 12.5. The normalized spacial score (nSPS) is 49.3. The van der Waals surface area contributed by atoms with E-state index < -0.39 is 41.7 Å². The van der Waals surface area contributed by atoms with Crippen molar-refractivity contribution in [2.45, 2.75) is 37.3 Å². The van der Waals surface area contributed by atoms with Crippen molar-refractivity contribution < 1.29 is 24.9 Å². The number of ether oxygens (including phenoxy) is 1. The van der Waals surface area contributed by atoms with Crippen molar-refractivity contribution in [2.24, 2.45) is 17.8 Å². The number of halogens is 1. The molecule has 0 aromatic carbocycles. The summed E-state index contributed by atoms with van der Waals surface area (Å²) in [5.74, 6) is -2.17. The van der Waals surface area contributed by atoms with Crippen LogP contribution in [-0.4, -0.2) is 51.1 Å². The highest BCUT2D eigenvalue weighted by molar-refractivity contribution is 6.18. The predicted molar refractivity (Wildman–Crippen MR) is 75.5 cm³/mol. The van der Waals surface area contributed by atoms with E-state index in [0.717, 1.165) is 5.57 Å². The molecule has 0 aromatic heterocycles. The summed E-state index contributed by atoms with van der Waals surface area (Å²) >= 11 is 5.94. The van der Waals surface area contributed by atoms with Gasteiger partial charge in [0.1, 0.15) is 6.10 Å². The van der Waals surface area contributed by atoms with Gasteiger partial charge < -0.3 is 20.1 Å². The number of esters is 1. The van der Waals surface area contributed by atoms with Crippen LogP contribution in [0.4, 0.5) is 0 Å². The van der Waals surface area contributed by atoms with Crippen LogP contribution in [0.25, 0.3) is 0 Å². The predicted octanol–water partition coefficient (Wildman–Crippen LogP) is 0.372. The van der Waals surface area contributed by atoms with Gasteiger partial charge in [0, 0.05) is 23.8 Å². The molecule has 2 fully saturated rings. The summed E-state index contributed by atoms with van der Waals surface area (Å²) in [5.41, 5.74) is -0.363. The molecule has 0 amide bonds. The van der Waals surface area contributed by atoms with Crippen LogP contribution in [-0.2, 0) is 9.53 Å². The second-order valence-corrected chi connectivity index (χ2v) is 6.65. The molecule has 0 aromatic rings. The Labute approximate surface area is 127 Å². The van der Waals surface area contributed by atoms with Gasteiger partial charge in [-0.1, -0.05) is 18.2 Å². The van der Waals surface area contributed by atoms with Gasteiger partial charge in [0.2, 0.25) is 0 Å². The number of rotatable bonds is 1. The molecule has 7 unspecified atom stereocenters. The fourth-order valence-electron chi connectivity index (χ4n) is 4.22. The molecular weight excluding hydrogens is 296 g/mol. The Morgan fingerprint density at radius 2 is 2.14 bits per heavy atom. The van der Waals surface area contributed by atoms with E-state index in [-0.39, 0.29) is 23.8 Å². The number of carbonyl (C=O) groups is 1. The maximum Gasteiger partial charge on any atom is 0.334 e. The lowest BCUT2D eigenvalue weighted by Crippen LogP contribution is -2.48. The molecule has 3 aliphatic rings. The van der Waals surface area contributed by atoms with Crippen molar-refractivity contribution in [1.29, 1.82) is 0 Å². The Morgan fingerprint density at radius 3 is 2.76 bits per heavy atom. The van der Waals surface area contributed by atoms with Crippen molar-refractivity contribution in [1.82, 2.24) is 0 Å². The van der Waals surface area contributed by atoms with Gasteiger partial charge in [0.15, 0.2) is 0 Å². The first-order valence-electron chi connectivity index (χ1n) is 7.02. The summed E-state index contributed by atoms with van der Waals surface area (Å²) in [7, 11) is 0. The fraction of sp³-hybridized carbons (Fsp3) is 0.667. The maximum absolute atomic E-state index is 11.8. The van der Waals surface area contributed by atoms with E-state index in [2.05, 4.69) is 6.58 Å². The largest absolute Gasteiger partial charge is 0.458 e. The van der Waals surface area contributed by atoms with Crippen LogP contribution >= 0.6 is 11.6 Å². The van der Waals surface area contributed by atoms with Gasteiger partial charge in [-0.15, -0.1) is 11.6 Å². The molecule has 2 aliphatic carbocycles. The van der Waals surface area contributed by atoms with Crippen LogP contribution in [0.3, 0.4) is 0 Å². The van der Waals surface area contributed by atoms with Gasteiger partial charge in [-0.25, -0.2) is 4.79 Å². The van der Waals surface area contributed by atoms with E-state index in [1.807, 2.05) is 6.92 Å². The number of carbonyl (C=O) groups excluding carboxylic acids is 1. The smallest absolute Gasteiger partial charge is 0.334 e. The van der Waals surface area contributed by atoms with Crippen molar-refractivity contribution in [2.75, 3.05) is 5.88 Å². The molecule has 3 N–H and O–H groups in total. The lowest BCUT2D eigenvalue weighted by atomic mass is 9.75. The van der Waals surface area contributed by atoms with Crippen molar-refractivity contribution in [3.63, 3.8) is 0 Å². The number of hydrogen-bond donors (Lipinski definition) is 3. The number of fused-ring (bicyclic) bond motifs is 3. The monoisotopic (exact) mass is 314 g/mol. The molecular formula is C15H19ClO5. The van der Waals surface area contributed by atoms with Crippen molar-refractivity contribution >= 4 is 17.6 Å². The van der Waals surface area contributed by atoms with Gasteiger partial charge in [0.05, 0.1) is 29.6 Å². The van der Waals surface area contributed by atoms with Gasteiger partial charge >= 0.3 is 5.97 Å². The quantitative estimate of drug-likeness (QED) is 0.282. The van der Waals surface area contributed by atoms with E-state index in [9.17, 15) is 20.1 Å². The average Bonchev–Trinajstić information content (AvgIpc) is 2.83. The first-order chi connectivity index (χ1) is 9.80. The lowest BCUT2D eigenvalue weighted by molar-refractivity contribution is -0.143. The summed E-state index contributed by atoms with van der Waals surface area (Å²) in [6.07, 6.45) is -0.834. The summed E-state index contributed by atoms with van der Waals surface area (Å²) in [5, 5.41) is 31.6. The molecule has 21 heavy (non-hydrogen) atoms. The Morgan fingerprint density at radius 1 is 1.48 bits per heavy atom. The van der Waals surface area contributed by atoms with E-state index >= 15 is 0 Å². The summed E-state index contributed by atoms with van der Waals surface area (Å²) < 4.78 is 5.39. The Hall–Kier alpha value is -0.880. The minimum absolute atomic E-state index is 0.0212. The molecule has 0 radical (unpaired) electrons. The number of aliphatic hydroxyl groups is 3. The van der Waals surface area contributed by atoms with Crippen LogP contribution in [0.2, 0.25) is 0 Å². The maximum atomic E-state index is 11.8. The molecule has 116 valence electrons. The highest BCUT2D eigenvalue weighted by Crippen LogP contribution is 2.52. The molecule has 1 saturated heterocycles. The van der Waals surface area contributed by atoms with Gasteiger partial charge in [0.25, 0.3) is 0 Å². The second kappa shape index (κ2) is 4.81. The minimum atomic E-state index is -1.42. The van der Waals surface area contributed by atoms with Crippen LogP contribution in [0, 0.1) is 17.8 Å². The molecule has 6 heteroatoms. The first-order valence-corrected chi connectivity index (χ1v) is 7.56. The van der Waals surface area contributed by atoms with Crippen LogP contribution in [0.15, 0.2) is 23.8 Å². The molecule has 5 nitrogen and oxygen atoms in total. The number of aliphatic hydroxyl groups excluding tert-OH is 2. The van der Waals surface area contributed by atoms with E-state index in [4.69, 9.17) is 16.3 Å². The number of alkyl halides is 1. The summed E-state index contributed by atoms with van der Waals surface area (Å²) in [6.45, 7) is 5.54. The van der Waals surface area contributed by atoms with Crippen molar-refractivity contribution in [3.05, 3.63) is 23.8 Å². The van der Waals surface area contributed by atoms with E-state index in [1.54, 1.807) is 6.08 Å². The van der Waals surface area contributed by atoms with E-state index in [1.165, 1.54) is 0 Å². The Balaban J connectivity index is 2.10. The zero-order chi connectivity index (χ0) is 15.5. The highest BCUT2D eigenvalue weighted by Gasteiger charge is 2.60. The van der Waals surface area contributed by atoms with Crippen LogP contribution < -0.4 is 0 Å². The molecule has 3 rings (SSSR count). The van der Waals surface area contributed by atoms with Crippen LogP contribution in [0.5, 0.6) is 0 Å². The SMILES string of the molecule is C=C1C(=O)OC2C1C(O)CC(O)(CCl)C1C(O)C=C(C)C21. The molecule has 1 aliphatic heterocycles. The van der Waals surface area contributed by atoms with Gasteiger partial charge in [-0.3, -0.25) is 0 Å². The Bertz CT molecular complexity index is 530. The fourth-order valence-corrected chi connectivity index (χ4v) is 4.51. The van der Waals surface area contributed by atoms with Gasteiger partial charge in [-0.2, -0.15) is 0 Å². The first kappa shape index (κ1) is 15.0. The molecule has 1 heterocycles. The topological polar surface area (TPSA) is 87.0 Å². The molecule has 0 spiro atoms. The highest BCUT2D eigenvalue weighted by atomic mass is 35.5. The third-order valence-electron chi connectivity index (χ3n) is 5.16. The number of hydrogen-bond acceptors (Lipinski definition) is 5. The molecule has 1 saturated carbocycles. The Kier molecular flexibility index (Phi) is 3.44. The van der Waals surface area contributed by atoms with Crippen LogP contribution in [0.1, 0.15) is 13.3 Å². The minimum Gasteiger partial charge on any atom is -0.458 e. The van der Waals surface area contributed by atoms with E-state index in [0.29, 0.717) is 0 Å². The third kappa shape index (κ3) is 1.99. The molecule has 7 atom stereocenters.